The van der Waals surface area contributed by atoms with Gasteiger partial charge >= 0.3 is 0 Å². The number of benzene rings is 2. The lowest BCUT2D eigenvalue weighted by Gasteiger charge is -2.07. The summed E-state index contributed by atoms with van der Waals surface area (Å²) in [7, 11) is 1.47. The third-order valence-electron chi connectivity index (χ3n) is 3.92. The maximum atomic E-state index is 12.0. The highest BCUT2D eigenvalue weighted by Crippen LogP contribution is 2.26. The number of para-hydroxylation sites is 1. The van der Waals surface area contributed by atoms with E-state index in [0.717, 1.165) is 16.6 Å². The highest BCUT2D eigenvalue weighted by molar-refractivity contribution is 5.99. The number of carbonyl (C=O) groups excluding carboxylic acids is 1. The van der Waals surface area contributed by atoms with Crippen molar-refractivity contribution in [2.45, 2.75) is 19.9 Å². The number of aryl methyl sites for hydroxylation is 1. The average molecular weight is 353 g/mol. The van der Waals surface area contributed by atoms with E-state index in [-0.39, 0.29) is 18.1 Å². The Kier molecular flexibility index (Phi) is 5.12. The lowest BCUT2D eigenvalue weighted by atomic mass is 10.1. The fourth-order valence-electron chi connectivity index (χ4n) is 2.46. The summed E-state index contributed by atoms with van der Waals surface area (Å²) in [5.41, 5.74) is 5.55. The fourth-order valence-corrected chi connectivity index (χ4v) is 2.46. The standard InChI is InChI=1S/C18H19N5O3/c1-12(13-7-8-16(24)17(11-13)26-2)19-21-18(25)9-10-23-15-6-4-3-5-14(15)20-22-23/h3-8,11,24H,9-10H2,1-2H3,(H,21,25)/b19-12+. The molecule has 1 heterocycles. The zero-order valence-corrected chi connectivity index (χ0v) is 14.5. The maximum absolute atomic E-state index is 12.0. The van der Waals surface area contributed by atoms with Crippen molar-refractivity contribution in [3.8, 4) is 11.5 Å². The van der Waals surface area contributed by atoms with E-state index in [1.54, 1.807) is 23.7 Å². The van der Waals surface area contributed by atoms with Crippen molar-refractivity contribution in [2.24, 2.45) is 5.10 Å². The van der Waals surface area contributed by atoms with Crippen molar-refractivity contribution in [3.63, 3.8) is 0 Å². The van der Waals surface area contributed by atoms with E-state index in [1.807, 2.05) is 24.3 Å². The van der Waals surface area contributed by atoms with Crippen LogP contribution >= 0.6 is 0 Å². The first-order valence-electron chi connectivity index (χ1n) is 8.07. The van der Waals surface area contributed by atoms with E-state index < -0.39 is 0 Å². The summed E-state index contributed by atoms with van der Waals surface area (Å²) in [5, 5.41) is 21.8. The molecule has 0 saturated heterocycles. The number of hydrazone groups is 1. The quantitative estimate of drug-likeness (QED) is 0.522. The van der Waals surface area contributed by atoms with E-state index in [4.69, 9.17) is 4.74 Å². The third-order valence-corrected chi connectivity index (χ3v) is 3.92. The maximum Gasteiger partial charge on any atom is 0.241 e. The molecule has 1 amide bonds. The number of aromatic nitrogens is 3. The Balaban J connectivity index is 1.60. The number of carbonyl (C=O) groups is 1. The first-order chi connectivity index (χ1) is 12.6. The Morgan fingerprint density at radius 2 is 2.12 bits per heavy atom. The van der Waals surface area contributed by atoms with Crippen LogP contribution in [0.4, 0.5) is 0 Å². The van der Waals surface area contributed by atoms with Crippen molar-refractivity contribution in [2.75, 3.05) is 7.11 Å². The molecule has 134 valence electrons. The summed E-state index contributed by atoms with van der Waals surface area (Å²) in [6.45, 7) is 2.17. The second-order valence-corrected chi connectivity index (χ2v) is 5.67. The Labute approximate surface area is 150 Å². The molecule has 3 aromatic rings. The smallest absolute Gasteiger partial charge is 0.241 e. The Hall–Kier alpha value is -3.42. The molecule has 0 aliphatic rings. The molecule has 26 heavy (non-hydrogen) atoms. The number of hydrogen-bond donors (Lipinski definition) is 2. The van der Waals surface area contributed by atoms with Crippen LogP contribution in [0.5, 0.6) is 11.5 Å². The van der Waals surface area contributed by atoms with Crippen LogP contribution in [-0.4, -0.2) is 38.8 Å². The predicted octanol–water partition coefficient (Wildman–Crippen LogP) is 2.08. The molecule has 8 nitrogen and oxygen atoms in total. The van der Waals surface area contributed by atoms with Crippen molar-refractivity contribution >= 4 is 22.7 Å². The van der Waals surface area contributed by atoms with Crippen LogP contribution in [0.3, 0.4) is 0 Å². The third kappa shape index (κ3) is 3.80. The summed E-state index contributed by atoms with van der Waals surface area (Å²) in [5.74, 6) is 0.171. The number of phenols is 1. The number of nitrogens with one attached hydrogen (secondary N) is 1. The SMILES string of the molecule is COc1cc(/C(C)=N/NC(=O)CCn2nnc3ccccc32)ccc1O. The zero-order chi connectivity index (χ0) is 18.5. The first-order valence-corrected chi connectivity index (χ1v) is 8.07. The van der Waals surface area contributed by atoms with Crippen molar-refractivity contribution in [3.05, 3.63) is 48.0 Å². The summed E-state index contributed by atoms with van der Waals surface area (Å²) in [4.78, 5) is 12.0. The molecule has 0 atom stereocenters. The van der Waals surface area contributed by atoms with Gasteiger partial charge in [-0.15, -0.1) is 5.10 Å². The molecule has 0 spiro atoms. The second kappa shape index (κ2) is 7.64. The van der Waals surface area contributed by atoms with E-state index >= 15 is 0 Å². The van der Waals surface area contributed by atoms with Gasteiger partial charge in [0.1, 0.15) is 5.52 Å². The molecule has 3 rings (SSSR count). The van der Waals surface area contributed by atoms with Crippen molar-refractivity contribution in [1.82, 2.24) is 20.4 Å². The number of fused-ring (bicyclic) bond motifs is 1. The van der Waals surface area contributed by atoms with E-state index in [9.17, 15) is 9.90 Å². The number of methoxy groups -OCH3 is 1. The van der Waals surface area contributed by atoms with Gasteiger partial charge in [-0.2, -0.15) is 5.10 Å². The number of aromatic hydroxyl groups is 1. The minimum atomic E-state index is -0.227. The Morgan fingerprint density at radius 1 is 1.31 bits per heavy atom. The van der Waals surface area contributed by atoms with Crippen molar-refractivity contribution in [1.29, 1.82) is 0 Å². The number of rotatable bonds is 6. The van der Waals surface area contributed by atoms with Crippen molar-refractivity contribution < 1.29 is 14.6 Å². The molecule has 0 aliphatic heterocycles. The molecule has 0 bridgehead atoms. The van der Waals surface area contributed by atoms with Gasteiger partial charge in [-0.3, -0.25) is 4.79 Å². The second-order valence-electron chi connectivity index (χ2n) is 5.67. The van der Waals surface area contributed by atoms with Gasteiger partial charge in [-0.25, -0.2) is 10.1 Å². The average Bonchev–Trinajstić information content (AvgIpc) is 3.08. The minimum absolute atomic E-state index is 0.0492. The summed E-state index contributed by atoms with van der Waals surface area (Å²) in [6.07, 6.45) is 0.225. The molecule has 1 aromatic heterocycles. The van der Waals surface area contributed by atoms with Gasteiger partial charge in [0.2, 0.25) is 5.91 Å². The summed E-state index contributed by atoms with van der Waals surface area (Å²) < 4.78 is 6.76. The first kappa shape index (κ1) is 17.4. The molecule has 0 unspecified atom stereocenters. The van der Waals surface area contributed by atoms with Crippen LogP contribution in [0.25, 0.3) is 11.0 Å². The summed E-state index contributed by atoms with van der Waals surface area (Å²) in [6, 6.07) is 12.5. The number of phenolic OH excluding ortho intramolecular Hbond substituents is 1. The van der Waals surface area contributed by atoms with Crippen LogP contribution in [0.2, 0.25) is 0 Å². The molecular weight excluding hydrogens is 334 g/mol. The Bertz CT molecular complexity index is 964. The fraction of sp³-hybridized carbons (Fsp3) is 0.222. The molecular formula is C18H19N5O3. The largest absolute Gasteiger partial charge is 0.504 e. The molecule has 8 heteroatoms. The van der Waals surface area contributed by atoms with Crippen LogP contribution in [0.1, 0.15) is 18.9 Å². The highest BCUT2D eigenvalue weighted by atomic mass is 16.5. The molecule has 2 aromatic carbocycles. The number of ether oxygens (including phenoxy) is 1. The number of amides is 1. The lowest BCUT2D eigenvalue weighted by Crippen LogP contribution is -2.21. The van der Waals surface area contributed by atoms with Gasteiger partial charge in [0, 0.05) is 12.0 Å². The number of nitrogens with zero attached hydrogens (tertiary/aromatic N) is 4. The van der Waals surface area contributed by atoms with E-state index in [1.165, 1.54) is 13.2 Å². The van der Waals surface area contributed by atoms with Gasteiger partial charge in [-0.05, 0) is 37.3 Å². The van der Waals surface area contributed by atoms with Crippen LogP contribution in [0, 0.1) is 0 Å². The molecule has 0 radical (unpaired) electrons. The van der Waals surface area contributed by atoms with Crippen LogP contribution in [0.15, 0.2) is 47.6 Å². The van der Waals surface area contributed by atoms with Gasteiger partial charge in [0.05, 0.1) is 24.9 Å². The molecule has 0 fully saturated rings. The van der Waals surface area contributed by atoms with Gasteiger partial charge in [-0.1, -0.05) is 17.3 Å². The van der Waals surface area contributed by atoms with Gasteiger partial charge in [0.15, 0.2) is 11.5 Å². The van der Waals surface area contributed by atoms with Crippen LogP contribution in [-0.2, 0) is 11.3 Å². The van der Waals surface area contributed by atoms with E-state index in [0.29, 0.717) is 18.0 Å². The lowest BCUT2D eigenvalue weighted by molar-refractivity contribution is -0.121. The predicted molar refractivity (Wildman–Crippen MR) is 97.2 cm³/mol. The molecule has 0 aliphatic carbocycles. The topological polar surface area (TPSA) is 102 Å². The molecule has 0 saturated carbocycles. The van der Waals surface area contributed by atoms with E-state index in [2.05, 4.69) is 20.8 Å². The van der Waals surface area contributed by atoms with Crippen LogP contribution < -0.4 is 10.2 Å². The summed E-state index contributed by atoms with van der Waals surface area (Å²) >= 11 is 0. The highest BCUT2D eigenvalue weighted by Gasteiger charge is 2.08. The van der Waals surface area contributed by atoms with Gasteiger partial charge in [0.25, 0.3) is 0 Å². The zero-order valence-electron chi connectivity index (χ0n) is 14.5. The van der Waals surface area contributed by atoms with Gasteiger partial charge < -0.3 is 9.84 Å². The normalized spacial score (nSPS) is 11.5. The minimum Gasteiger partial charge on any atom is -0.504 e. The molecule has 2 N–H and O–H groups in total. The Morgan fingerprint density at radius 3 is 2.92 bits per heavy atom. The monoisotopic (exact) mass is 353 g/mol. The number of hydrogen-bond acceptors (Lipinski definition) is 6.